The van der Waals surface area contributed by atoms with E-state index in [1.807, 2.05) is 54.6 Å². The Morgan fingerprint density at radius 2 is 1.79 bits per heavy atom. The first-order valence-corrected chi connectivity index (χ1v) is 8.28. The molecule has 120 valence electrons. The Balaban J connectivity index is 2.22. The maximum atomic E-state index is 12.0. The van der Waals surface area contributed by atoms with Crippen molar-refractivity contribution in [2.24, 2.45) is 0 Å². The Kier molecular flexibility index (Phi) is 4.67. The first-order chi connectivity index (χ1) is 11.6. The molecule has 4 heteroatoms. The Morgan fingerprint density at radius 1 is 1.08 bits per heavy atom. The maximum Gasteiger partial charge on any atom is 0.244 e. The number of rotatable bonds is 4. The molecule has 0 heterocycles. The molecule has 3 nitrogen and oxygen atoms in total. The van der Waals surface area contributed by atoms with E-state index in [9.17, 15) is 9.90 Å². The quantitative estimate of drug-likeness (QED) is 0.643. The minimum absolute atomic E-state index is 0.144. The minimum atomic E-state index is -0.477. The molecule has 0 bridgehead atoms. The van der Waals surface area contributed by atoms with Gasteiger partial charge in [-0.1, -0.05) is 65.0 Å². The van der Waals surface area contributed by atoms with E-state index in [1.54, 1.807) is 6.07 Å². The van der Waals surface area contributed by atoms with Crippen LogP contribution in [-0.2, 0) is 4.79 Å². The molecule has 1 atom stereocenters. The number of benzene rings is 3. The van der Waals surface area contributed by atoms with Gasteiger partial charge in [0.2, 0.25) is 5.91 Å². The van der Waals surface area contributed by atoms with Gasteiger partial charge in [-0.3, -0.25) is 4.79 Å². The van der Waals surface area contributed by atoms with Gasteiger partial charge in [-0.15, -0.1) is 0 Å². The zero-order valence-electron chi connectivity index (χ0n) is 12.9. The van der Waals surface area contributed by atoms with Crippen LogP contribution in [0.3, 0.4) is 0 Å². The van der Waals surface area contributed by atoms with Crippen molar-refractivity contribution in [3.8, 4) is 5.75 Å². The summed E-state index contributed by atoms with van der Waals surface area (Å²) >= 11 is 3.42. The molecular weight excluding hydrogens is 366 g/mol. The van der Waals surface area contributed by atoms with Crippen molar-refractivity contribution in [1.29, 1.82) is 0 Å². The Labute approximate surface area is 148 Å². The van der Waals surface area contributed by atoms with Crippen molar-refractivity contribution in [2.75, 3.05) is 0 Å². The molecule has 3 rings (SSSR count). The lowest BCUT2D eigenvalue weighted by atomic mass is 9.92. The number of hydrogen-bond donors (Lipinski definition) is 2. The molecule has 0 fully saturated rings. The number of nitrogens with one attached hydrogen (secondary N) is 1. The molecule has 0 aromatic heterocycles. The standard InChI is InChI=1S/C20H16BrNO2/c1-2-18(24)22-20(14-7-10-15(21)11-8-14)19-16-6-4-3-5-13(16)9-12-17(19)23/h2-12,20,23H,1H2,(H,22,24). The third-order valence-electron chi connectivity index (χ3n) is 3.91. The molecule has 0 aliphatic heterocycles. The number of carbonyl (C=O) groups is 1. The lowest BCUT2D eigenvalue weighted by Crippen LogP contribution is -2.27. The van der Waals surface area contributed by atoms with E-state index >= 15 is 0 Å². The largest absolute Gasteiger partial charge is 0.508 e. The summed E-state index contributed by atoms with van der Waals surface area (Å²) < 4.78 is 0.946. The van der Waals surface area contributed by atoms with Crippen molar-refractivity contribution in [1.82, 2.24) is 5.32 Å². The van der Waals surface area contributed by atoms with Crippen LogP contribution in [0.1, 0.15) is 17.2 Å². The summed E-state index contributed by atoms with van der Waals surface area (Å²) in [6.45, 7) is 3.52. The van der Waals surface area contributed by atoms with Crippen LogP contribution in [0.15, 0.2) is 77.8 Å². The van der Waals surface area contributed by atoms with Crippen LogP contribution < -0.4 is 5.32 Å². The summed E-state index contributed by atoms with van der Waals surface area (Å²) in [4.78, 5) is 12.0. The van der Waals surface area contributed by atoms with Gasteiger partial charge < -0.3 is 10.4 Å². The fraction of sp³-hybridized carbons (Fsp3) is 0.0500. The predicted octanol–water partition coefficient (Wildman–Crippen LogP) is 4.70. The first kappa shape index (κ1) is 16.3. The fourth-order valence-corrected chi connectivity index (χ4v) is 3.03. The van der Waals surface area contributed by atoms with E-state index in [-0.39, 0.29) is 11.7 Å². The Hall–Kier alpha value is -2.59. The highest BCUT2D eigenvalue weighted by atomic mass is 79.9. The SMILES string of the molecule is C=CC(=O)NC(c1ccc(Br)cc1)c1c(O)ccc2ccccc12. The predicted molar refractivity (Wildman–Crippen MR) is 99.9 cm³/mol. The average Bonchev–Trinajstić information content (AvgIpc) is 2.61. The summed E-state index contributed by atoms with van der Waals surface area (Å²) in [7, 11) is 0. The number of fused-ring (bicyclic) bond motifs is 1. The van der Waals surface area contributed by atoms with Crippen molar-refractivity contribution < 1.29 is 9.90 Å². The summed E-state index contributed by atoms with van der Waals surface area (Å²) in [5, 5.41) is 15.3. The van der Waals surface area contributed by atoms with Gasteiger partial charge in [0.05, 0.1) is 6.04 Å². The molecule has 1 unspecified atom stereocenters. The van der Waals surface area contributed by atoms with Gasteiger partial charge in [0.25, 0.3) is 0 Å². The third kappa shape index (κ3) is 3.19. The van der Waals surface area contributed by atoms with E-state index in [2.05, 4.69) is 27.8 Å². The van der Waals surface area contributed by atoms with Crippen LogP contribution in [0.2, 0.25) is 0 Å². The summed E-state index contributed by atoms with van der Waals surface area (Å²) in [6, 6.07) is 18.5. The van der Waals surface area contributed by atoms with Crippen LogP contribution in [0.5, 0.6) is 5.75 Å². The second-order valence-electron chi connectivity index (χ2n) is 5.42. The summed E-state index contributed by atoms with van der Waals surface area (Å²) in [5.41, 5.74) is 1.55. The molecular formula is C20H16BrNO2. The molecule has 3 aromatic carbocycles. The molecule has 0 spiro atoms. The van der Waals surface area contributed by atoms with Crippen molar-refractivity contribution in [2.45, 2.75) is 6.04 Å². The van der Waals surface area contributed by atoms with E-state index in [0.29, 0.717) is 5.56 Å². The third-order valence-corrected chi connectivity index (χ3v) is 4.44. The highest BCUT2D eigenvalue weighted by Crippen LogP contribution is 2.36. The van der Waals surface area contributed by atoms with Crippen LogP contribution in [-0.4, -0.2) is 11.0 Å². The topological polar surface area (TPSA) is 49.3 Å². The van der Waals surface area contributed by atoms with E-state index in [4.69, 9.17) is 0 Å². The van der Waals surface area contributed by atoms with Gasteiger partial charge >= 0.3 is 0 Å². The highest BCUT2D eigenvalue weighted by Gasteiger charge is 2.21. The fourth-order valence-electron chi connectivity index (χ4n) is 2.77. The molecule has 0 saturated heterocycles. The van der Waals surface area contributed by atoms with Gasteiger partial charge in [0.15, 0.2) is 0 Å². The number of amides is 1. The van der Waals surface area contributed by atoms with Gasteiger partial charge in [-0.25, -0.2) is 0 Å². The lowest BCUT2D eigenvalue weighted by molar-refractivity contribution is -0.116. The maximum absolute atomic E-state index is 12.0. The number of carbonyl (C=O) groups excluding carboxylic acids is 1. The van der Waals surface area contributed by atoms with Crippen LogP contribution in [0.25, 0.3) is 10.8 Å². The molecule has 24 heavy (non-hydrogen) atoms. The van der Waals surface area contributed by atoms with E-state index in [0.717, 1.165) is 20.8 Å². The number of phenolic OH excluding ortho intramolecular Hbond substituents is 1. The van der Waals surface area contributed by atoms with Gasteiger partial charge in [-0.2, -0.15) is 0 Å². The Morgan fingerprint density at radius 3 is 2.50 bits per heavy atom. The average molecular weight is 382 g/mol. The number of phenols is 1. The smallest absolute Gasteiger partial charge is 0.244 e. The molecule has 3 aromatic rings. The monoisotopic (exact) mass is 381 g/mol. The lowest BCUT2D eigenvalue weighted by Gasteiger charge is -2.22. The van der Waals surface area contributed by atoms with Crippen LogP contribution >= 0.6 is 15.9 Å². The van der Waals surface area contributed by atoms with Crippen molar-refractivity contribution >= 4 is 32.6 Å². The molecule has 0 radical (unpaired) electrons. The minimum Gasteiger partial charge on any atom is -0.508 e. The van der Waals surface area contributed by atoms with Crippen LogP contribution in [0.4, 0.5) is 0 Å². The Bertz CT molecular complexity index is 903. The summed E-state index contributed by atoms with van der Waals surface area (Å²) in [5.74, 6) is -0.152. The molecule has 0 aliphatic rings. The zero-order valence-corrected chi connectivity index (χ0v) is 14.5. The first-order valence-electron chi connectivity index (χ1n) is 7.49. The normalized spacial score (nSPS) is 11.9. The highest BCUT2D eigenvalue weighted by molar-refractivity contribution is 9.10. The molecule has 0 saturated carbocycles. The van der Waals surface area contributed by atoms with Crippen molar-refractivity contribution in [3.63, 3.8) is 0 Å². The molecule has 1 amide bonds. The van der Waals surface area contributed by atoms with Gasteiger partial charge in [-0.05, 0) is 40.6 Å². The van der Waals surface area contributed by atoms with Crippen molar-refractivity contribution in [3.05, 3.63) is 88.9 Å². The number of aromatic hydroxyl groups is 1. The van der Waals surface area contributed by atoms with Gasteiger partial charge in [0, 0.05) is 10.0 Å². The summed E-state index contributed by atoms with van der Waals surface area (Å²) in [6.07, 6.45) is 1.23. The second kappa shape index (κ2) is 6.89. The molecule has 0 aliphatic carbocycles. The van der Waals surface area contributed by atoms with E-state index < -0.39 is 6.04 Å². The zero-order chi connectivity index (χ0) is 17.1. The number of hydrogen-bond acceptors (Lipinski definition) is 2. The number of halogens is 1. The second-order valence-corrected chi connectivity index (χ2v) is 6.33. The van der Waals surface area contributed by atoms with Gasteiger partial charge in [0.1, 0.15) is 5.75 Å². The van der Waals surface area contributed by atoms with Crippen LogP contribution in [0, 0.1) is 0 Å². The molecule has 2 N–H and O–H groups in total. The van der Waals surface area contributed by atoms with E-state index in [1.165, 1.54) is 6.08 Å².